The maximum atomic E-state index is 14.5. The molecule has 7 nitrogen and oxygen atoms in total. The number of allylic oxidation sites excluding steroid dienone is 6. The molecule has 0 amide bonds. The monoisotopic (exact) mass is 508 g/mol. The number of methoxy groups -OCH3 is 3. The zero-order chi connectivity index (χ0) is 25.9. The Morgan fingerprint density at radius 3 is 2.76 bits per heavy atom. The molecule has 0 spiro atoms. The first-order chi connectivity index (χ1) is 18.0. The topological polar surface area (TPSA) is 76.4 Å². The quantitative estimate of drug-likeness (QED) is 0.335. The van der Waals surface area contributed by atoms with Crippen molar-refractivity contribution in [3.63, 3.8) is 0 Å². The van der Waals surface area contributed by atoms with Crippen molar-refractivity contribution in [3.05, 3.63) is 94.4 Å². The van der Waals surface area contributed by atoms with E-state index < -0.39 is 18.0 Å². The molecular formula is C29H29FO7. The number of rotatable bonds is 9. The van der Waals surface area contributed by atoms with Crippen LogP contribution < -0.4 is 4.74 Å². The first-order valence-corrected chi connectivity index (χ1v) is 12.1. The molecule has 1 aromatic heterocycles. The van der Waals surface area contributed by atoms with E-state index in [2.05, 4.69) is 0 Å². The second kappa shape index (κ2) is 10.9. The molecule has 0 radical (unpaired) electrons. The van der Waals surface area contributed by atoms with Crippen molar-refractivity contribution in [3.8, 4) is 5.75 Å². The Kier molecular flexibility index (Phi) is 7.41. The molecule has 1 saturated heterocycles. The maximum Gasteiger partial charge on any atom is 0.313 e. The molecule has 3 atom stereocenters. The van der Waals surface area contributed by atoms with Crippen LogP contribution in [0.5, 0.6) is 5.75 Å². The smallest absolute Gasteiger partial charge is 0.313 e. The molecule has 2 heterocycles. The van der Waals surface area contributed by atoms with Gasteiger partial charge in [-0.2, -0.15) is 0 Å². The molecule has 1 aliphatic heterocycles. The molecule has 3 aliphatic rings. The molecule has 8 heteroatoms. The van der Waals surface area contributed by atoms with Crippen LogP contribution >= 0.6 is 0 Å². The summed E-state index contributed by atoms with van der Waals surface area (Å²) in [7, 11) is 4.67. The van der Waals surface area contributed by atoms with Crippen molar-refractivity contribution in [2.75, 3.05) is 34.5 Å². The van der Waals surface area contributed by atoms with Gasteiger partial charge in [0.1, 0.15) is 36.1 Å². The molecule has 0 bridgehead atoms. The van der Waals surface area contributed by atoms with Crippen LogP contribution in [0.1, 0.15) is 30.3 Å². The van der Waals surface area contributed by atoms with Crippen LogP contribution in [-0.4, -0.2) is 46.6 Å². The number of hydrogen-bond acceptors (Lipinski definition) is 7. The summed E-state index contributed by atoms with van der Waals surface area (Å²) in [5.41, 5.74) is 5.54. The van der Waals surface area contributed by atoms with Gasteiger partial charge >= 0.3 is 5.97 Å². The number of carbonyl (C=O) groups is 1. The average Bonchev–Trinajstić information content (AvgIpc) is 3.56. The maximum absolute atomic E-state index is 14.5. The first kappa shape index (κ1) is 25.2. The predicted molar refractivity (Wildman–Crippen MR) is 133 cm³/mol. The zero-order valence-corrected chi connectivity index (χ0v) is 21.0. The number of fused-ring (bicyclic) bond motifs is 1. The minimum atomic E-state index is -0.535. The summed E-state index contributed by atoms with van der Waals surface area (Å²) >= 11 is 0. The van der Waals surface area contributed by atoms with E-state index in [4.69, 9.17) is 28.1 Å². The third kappa shape index (κ3) is 5.05. The van der Waals surface area contributed by atoms with Crippen molar-refractivity contribution in [1.82, 2.24) is 0 Å². The molecule has 5 rings (SSSR count). The van der Waals surface area contributed by atoms with Crippen molar-refractivity contribution in [1.29, 1.82) is 0 Å². The second-order valence-electron chi connectivity index (χ2n) is 9.19. The van der Waals surface area contributed by atoms with Gasteiger partial charge in [-0.05, 0) is 59.4 Å². The van der Waals surface area contributed by atoms with Gasteiger partial charge in [-0.15, -0.1) is 0 Å². The molecule has 1 unspecified atom stereocenters. The largest absolute Gasteiger partial charge is 0.465 e. The van der Waals surface area contributed by atoms with Crippen LogP contribution in [0.2, 0.25) is 0 Å². The number of halogens is 1. The van der Waals surface area contributed by atoms with Crippen molar-refractivity contribution < 1.29 is 37.3 Å². The standard InChI is InChI=1S/C29H29FO7/c1-32-16-26(33-2)28(34-3)19-10-20(30)13-21(11-19)36-14-17-6-7-22-18(9-17)12-23-24(15-37-29(23)31)27(22)25-5-4-8-35-25/h4-8,10-11,13-14,23,26,28H,9,12,15-16H2,1-3H3/t23?,26-,28+/m1/s1. The lowest BCUT2D eigenvalue weighted by Crippen LogP contribution is -2.27. The van der Waals surface area contributed by atoms with Crippen LogP contribution in [0.25, 0.3) is 5.57 Å². The summed E-state index contributed by atoms with van der Waals surface area (Å²) in [4.78, 5) is 12.4. The fraction of sp³-hybridized carbons (Fsp3) is 0.345. The minimum absolute atomic E-state index is 0.204. The number of ether oxygens (including phenoxy) is 5. The summed E-state index contributed by atoms with van der Waals surface area (Å²) in [6.45, 7) is 0.577. The number of hydrogen-bond donors (Lipinski definition) is 0. The van der Waals surface area contributed by atoms with Gasteiger partial charge in [0.05, 0.1) is 25.1 Å². The Morgan fingerprint density at radius 1 is 1.16 bits per heavy atom. The fourth-order valence-electron chi connectivity index (χ4n) is 5.21. The van der Waals surface area contributed by atoms with Crippen LogP contribution in [0, 0.1) is 11.7 Å². The average molecular weight is 509 g/mol. The van der Waals surface area contributed by atoms with E-state index in [1.165, 1.54) is 12.1 Å². The highest BCUT2D eigenvalue weighted by atomic mass is 19.1. The van der Waals surface area contributed by atoms with E-state index in [0.29, 0.717) is 30.8 Å². The second-order valence-corrected chi connectivity index (χ2v) is 9.19. The molecular weight excluding hydrogens is 479 g/mol. The third-order valence-electron chi connectivity index (χ3n) is 6.94. The van der Waals surface area contributed by atoms with Crippen molar-refractivity contribution >= 4 is 11.5 Å². The summed E-state index contributed by atoms with van der Waals surface area (Å²) in [5, 5.41) is 0. The highest BCUT2D eigenvalue weighted by Gasteiger charge is 2.40. The summed E-state index contributed by atoms with van der Waals surface area (Å²) < 4.78 is 47.7. The van der Waals surface area contributed by atoms with Crippen LogP contribution in [0.4, 0.5) is 4.39 Å². The zero-order valence-electron chi connectivity index (χ0n) is 21.0. The Balaban J connectivity index is 1.38. The molecule has 0 N–H and O–H groups in total. The van der Waals surface area contributed by atoms with E-state index in [0.717, 1.165) is 33.6 Å². The van der Waals surface area contributed by atoms with Gasteiger partial charge in [0, 0.05) is 33.0 Å². The van der Waals surface area contributed by atoms with Gasteiger partial charge in [-0.3, -0.25) is 4.79 Å². The Bertz CT molecular complexity index is 1290. The van der Waals surface area contributed by atoms with Crippen molar-refractivity contribution in [2.24, 2.45) is 5.92 Å². The van der Waals surface area contributed by atoms with Gasteiger partial charge in [-0.1, -0.05) is 17.7 Å². The minimum Gasteiger partial charge on any atom is -0.465 e. The summed E-state index contributed by atoms with van der Waals surface area (Å²) in [6, 6.07) is 8.18. The Labute approximate surface area is 214 Å². The van der Waals surface area contributed by atoms with Crippen LogP contribution in [0.15, 0.2) is 81.7 Å². The van der Waals surface area contributed by atoms with Gasteiger partial charge in [0.25, 0.3) is 0 Å². The van der Waals surface area contributed by atoms with Crippen molar-refractivity contribution in [2.45, 2.75) is 25.0 Å². The molecule has 2 aliphatic carbocycles. The Morgan fingerprint density at radius 2 is 2.03 bits per heavy atom. The summed E-state index contributed by atoms with van der Waals surface area (Å²) in [6.07, 6.45) is 7.46. The lowest BCUT2D eigenvalue weighted by atomic mass is 9.75. The molecule has 1 aromatic carbocycles. The molecule has 2 aromatic rings. The van der Waals surface area contributed by atoms with E-state index >= 15 is 0 Å². The molecule has 0 saturated carbocycles. The lowest BCUT2D eigenvalue weighted by Gasteiger charge is -2.27. The van der Waals surface area contributed by atoms with E-state index in [1.54, 1.807) is 39.9 Å². The fourth-order valence-corrected chi connectivity index (χ4v) is 5.21. The normalized spacial score (nSPS) is 21.7. The van der Waals surface area contributed by atoms with Gasteiger partial charge in [-0.25, -0.2) is 4.39 Å². The van der Waals surface area contributed by atoms with E-state index in [-0.39, 0.29) is 18.5 Å². The lowest BCUT2D eigenvalue weighted by molar-refractivity contribution is -0.141. The van der Waals surface area contributed by atoms with Gasteiger partial charge in [0.2, 0.25) is 0 Å². The molecule has 1 fully saturated rings. The van der Waals surface area contributed by atoms with Crippen LogP contribution in [-0.2, 0) is 23.7 Å². The number of furan rings is 1. The SMILES string of the molecule is COC[C@@H](OC)[C@@H](OC)c1cc(F)cc(OC=C2C=CC3=C(C2)CC2C(=O)OCC2=C3c2ccco2)c1. The number of carbonyl (C=O) groups excluding carboxylic acids is 1. The van der Waals surface area contributed by atoms with Gasteiger partial charge in [0.15, 0.2) is 0 Å². The molecule has 194 valence electrons. The van der Waals surface area contributed by atoms with E-state index in [1.807, 2.05) is 24.3 Å². The third-order valence-corrected chi connectivity index (χ3v) is 6.94. The van der Waals surface area contributed by atoms with E-state index in [9.17, 15) is 9.18 Å². The van der Waals surface area contributed by atoms with Crippen LogP contribution in [0.3, 0.4) is 0 Å². The highest BCUT2D eigenvalue weighted by Crippen LogP contribution is 2.47. The number of esters is 1. The van der Waals surface area contributed by atoms with Gasteiger partial charge < -0.3 is 28.1 Å². The number of benzene rings is 1. The highest BCUT2D eigenvalue weighted by molar-refractivity contribution is 5.93. The molecule has 37 heavy (non-hydrogen) atoms. The predicted octanol–water partition coefficient (Wildman–Crippen LogP) is 5.32. The Hall–Kier alpha value is -3.46. The summed E-state index contributed by atoms with van der Waals surface area (Å²) in [5.74, 6) is 0.111. The number of cyclic esters (lactones) is 1. The first-order valence-electron chi connectivity index (χ1n) is 12.1.